The van der Waals surface area contributed by atoms with E-state index in [1.54, 1.807) is 7.11 Å². The van der Waals surface area contributed by atoms with E-state index in [2.05, 4.69) is 15.4 Å². The number of imidazole rings is 1. The lowest BCUT2D eigenvalue weighted by atomic mass is 10.3. The Labute approximate surface area is 111 Å². The van der Waals surface area contributed by atoms with Gasteiger partial charge in [0.1, 0.15) is 5.82 Å². The van der Waals surface area contributed by atoms with Crippen molar-refractivity contribution in [1.82, 2.24) is 15.4 Å². The van der Waals surface area contributed by atoms with Gasteiger partial charge in [0.05, 0.1) is 24.2 Å². The monoisotopic (exact) mass is 263 g/mol. The second-order valence-corrected chi connectivity index (χ2v) is 4.07. The predicted molar refractivity (Wildman–Crippen MR) is 70.4 cm³/mol. The van der Waals surface area contributed by atoms with Crippen LogP contribution in [0, 0.1) is 0 Å². The van der Waals surface area contributed by atoms with Gasteiger partial charge in [0, 0.05) is 20.0 Å². The summed E-state index contributed by atoms with van der Waals surface area (Å²) in [6, 6.07) is 7.77. The van der Waals surface area contributed by atoms with Gasteiger partial charge in [-0.25, -0.2) is 10.5 Å². The number of amides is 1. The zero-order valence-electron chi connectivity index (χ0n) is 10.8. The number of aromatic nitrogens is 2. The van der Waals surface area contributed by atoms with Crippen LogP contribution in [0.2, 0.25) is 0 Å². The van der Waals surface area contributed by atoms with Crippen LogP contribution in [0.15, 0.2) is 24.3 Å². The minimum Gasteiger partial charge on any atom is -0.382 e. The quantitative estimate of drug-likeness (QED) is 0.581. The molecule has 1 heterocycles. The van der Waals surface area contributed by atoms with Gasteiger partial charge in [-0.15, -0.1) is 0 Å². The third kappa shape index (κ3) is 4.04. The minimum atomic E-state index is -0.170. The van der Waals surface area contributed by atoms with Crippen molar-refractivity contribution in [3.05, 3.63) is 30.1 Å². The lowest BCUT2D eigenvalue weighted by Gasteiger charge is -2.04. The Morgan fingerprint density at radius 3 is 3.00 bits per heavy atom. The molecule has 2 rings (SSSR count). The summed E-state index contributed by atoms with van der Waals surface area (Å²) in [7, 11) is 1.58. The molecule has 0 spiro atoms. The Balaban J connectivity index is 1.77. The number of rotatable bonds is 7. The summed E-state index contributed by atoms with van der Waals surface area (Å²) in [4.78, 5) is 24.0. The maximum absolute atomic E-state index is 11.5. The Kier molecular flexibility index (Phi) is 4.88. The van der Waals surface area contributed by atoms with Crippen molar-refractivity contribution >= 4 is 16.9 Å². The summed E-state index contributed by atoms with van der Waals surface area (Å²) in [6.45, 7) is 0.788. The second-order valence-electron chi connectivity index (χ2n) is 4.07. The largest absolute Gasteiger partial charge is 0.382 e. The van der Waals surface area contributed by atoms with Gasteiger partial charge >= 0.3 is 0 Å². The van der Waals surface area contributed by atoms with E-state index in [0.29, 0.717) is 26.1 Å². The van der Waals surface area contributed by atoms with Crippen molar-refractivity contribution in [2.75, 3.05) is 20.3 Å². The molecule has 19 heavy (non-hydrogen) atoms. The van der Waals surface area contributed by atoms with Gasteiger partial charge in [-0.1, -0.05) is 12.1 Å². The number of aromatic amines is 1. The van der Waals surface area contributed by atoms with E-state index in [1.807, 2.05) is 24.3 Å². The highest BCUT2D eigenvalue weighted by molar-refractivity contribution is 5.76. The number of aryl methyl sites for hydroxylation is 1. The smallest absolute Gasteiger partial charge is 0.243 e. The molecule has 6 nitrogen and oxygen atoms in total. The Morgan fingerprint density at radius 1 is 1.37 bits per heavy atom. The zero-order valence-corrected chi connectivity index (χ0v) is 10.8. The van der Waals surface area contributed by atoms with Crippen LogP contribution in [-0.2, 0) is 20.8 Å². The normalized spacial score (nSPS) is 10.8. The number of carbonyl (C=O) groups excluding carboxylic acids is 1. The molecule has 1 aromatic carbocycles. The molecule has 0 aliphatic heterocycles. The van der Waals surface area contributed by atoms with Gasteiger partial charge < -0.3 is 9.72 Å². The summed E-state index contributed by atoms with van der Waals surface area (Å²) in [5.74, 6) is 0.629. The molecule has 0 bridgehead atoms. The zero-order chi connectivity index (χ0) is 13.5. The van der Waals surface area contributed by atoms with Crippen LogP contribution in [0.3, 0.4) is 0 Å². The number of methoxy groups -OCH3 is 1. The highest BCUT2D eigenvalue weighted by atomic mass is 16.7. The van der Waals surface area contributed by atoms with E-state index >= 15 is 0 Å². The summed E-state index contributed by atoms with van der Waals surface area (Å²) in [6.07, 6.45) is 0.876. The molecule has 0 radical (unpaired) electrons. The molecule has 0 saturated carbocycles. The average Bonchev–Trinajstić information content (AvgIpc) is 2.84. The van der Waals surface area contributed by atoms with Crippen molar-refractivity contribution in [3.8, 4) is 0 Å². The molecule has 0 saturated heterocycles. The first-order valence-corrected chi connectivity index (χ1v) is 6.13. The van der Waals surface area contributed by atoms with Gasteiger partial charge in [0.25, 0.3) is 0 Å². The van der Waals surface area contributed by atoms with Gasteiger partial charge in [-0.2, -0.15) is 0 Å². The van der Waals surface area contributed by atoms with Crippen molar-refractivity contribution in [3.63, 3.8) is 0 Å². The molecule has 2 N–H and O–H groups in total. The predicted octanol–water partition coefficient (Wildman–Crippen LogP) is 1.19. The van der Waals surface area contributed by atoms with Crippen molar-refractivity contribution in [1.29, 1.82) is 0 Å². The fraction of sp³-hybridized carbons (Fsp3) is 0.385. The van der Waals surface area contributed by atoms with Crippen LogP contribution in [0.25, 0.3) is 11.0 Å². The SMILES string of the molecule is COCCONC(=O)CCc1nc2ccccc2[nH]1. The molecule has 1 aromatic heterocycles. The molecule has 0 atom stereocenters. The van der Waals surface area contributed by atoms with Gasteiger partial charge in [0.15, 0.2) is 0 Å². The Bertz CT molecular complexity index is 506. The summed E-state index contributed by atoms with van der Waals surface area (Å²) in [5.41, 5.74) is 4.25. The van der Waals surface area contributed by atoms with Crippen molar-refractivity contribution in [2.45, 2.75) is 12.8 Å². The number of hydrogen-bond acceptors (Lipinski definition) is 4. The molecule has 6 heteroatoms. The number of hydrogen-bond donors (Lipinski definition) is 2. The number of ether oxygens (including phenoxy) is 1. The lowest BCUT2D eigenvalue weighted by molar-refractivity contribution is -0.134. The van der Waals surface area contributed by atoms with E-state index in [4.69, 9.17) is 9.57 Å². The highest BCUT2D eigenvalue weighted by Crippen LogP contribution is 2.11. The molecule has 102 valence electrons. The fourth-order valence-corrected chi connectivity index (χ4v) is 1.66. The number of hydroxylamine groups is 1. The van der Waals surface area contributed by atoms with Crippen LogP contribution in [0.5, 0.6) is 0 Å². The molecule has 0 aliphatic rings. The van der Waals surface area contributed by atoms with Gasteiger partial charge in [0.2, 0.25) is 5.91 Å². The van der Waals surface area contributed by atoms with E-state index in [1.165, 1.54) is 0 Å². The van der Waals surface area contributed by atoms with E-state index < -0.39 is 0 Å². The standard InChI is InChI=1S/C13H17N3O3/c1-18-8-9-19-16-13(17)7-6-12-14-10-4-2-3-5-11(10)15-12/h2-5H,6-9H2,1H3,(H,14,15)(H,16,17). The fourth-order valence-electron chi connectivity index (χ4n) is 1.66. The third-order valence-electron chi connectivity index (χ3n) is 2.60. The van der Waals surface area contributed by atoms with Crippen LogP contribution in [-0.4, -0.2) is 36.2 Å². The number of fused-ring (bicyclic) bond motifs is 1. The van der Waals surface area contributed by atoms with Crippen molar-refractivity contribution in [2.24, 2.45) is 0 Å². The molecular formula is C13H17N3O3. The second kappa shape index (κ2) is 6.86. The van der Waals surface area contributed by atoms with E-state index in [0.717, 1.165) is 16.9 Å². The third-order valence-corrected chi connectivity index (χ3v) is 2.60. The average molecular weight is 263 g/mol. The number of carbonyl (C=O) groups is 1. The summed E-state index contributed by atoms with van der Waals surface area (Å²) >= 11 is 0. The Morgan fingerprint density at radius 2 is 2.21 bits per heavy atom. The first kappa shape index (κ1) is 13.5. The van der Waals surface area contributed by atoms with E-state index in [9.17, 15) is 4.79 Å². The van der Waals surface area contributed by atoms with Gasteiger partial charge in [-0.3, -0.25) is 9.63 Å². The minimum absolute atomic E-state index is 0.170. The Hall–Kier alpha value is -1.92. The maximum Gasteiger partial charge on any atom is 0.243 e. The molecule has 0 unspecified atom stereocenters. The van der Waals surface area contributed by atoms with E-state index in [-0.39, 0.29) is 5.91 Å². The topological polar surface area (TPSA) is 76.2 Å². The van der Waals surface area contributed by atoms with Crippen LogP contribution in [0.1, 0.15) is 12.2 Å². The van der Waals surface area contributed by atoms with Crippen molar-refractivity contribution < 1.29 is 14.4 Å². The van der Waals surface area contributed by atoms with Gasteiger partial charge in [-0.05, 0) is 12.1 Å². The molecule has 0 aliphatic carbocycles. The first-order chi connectivity index (χ1) is 9.29. The van der Waals surface area contributed by atoms with Crippen LogP contribution < -0.4 is 5.48 Å². The number of para-hydroxylation sites is 2. The molecular weight excluding hydrogens is 246 g/mol. The first-order valence-electron chi connectivity index (χ1n) is 6.13. The maximum atomic E-state index is 11.5. The number of nitrogens with one attached hydrogen (secondary N) is 2. The van der Waals surface area contributed by atoms with Crippen LogP contribution in [0.4, 0.5) is 0 Å². The summed E-state index contributed by atoms with van der Waals surface area (Å²) in [5, 5.41) is 0. The number of nitrogens with zero attached hydrogens (tertiary/aromatic N) is 1. The molecule has 1 amide bonds. The number of H-pyrrole nitrogens is 1. The number of benzene rings is 1. The summed E-state index contributed by atoms with van der Waals surface area (Å²) < 4.78 is 4.80. The lowest BCUT2D eigenvalue weighted by Crippen LogP contribution is -2.25. The molecule has 0 fully saturated rings. The highest BCUT2D eigenvalue weighted by Gasteiger charge is 2.06. The molecule has 2 aromatic rings. The van der Waals surface area contributed by atoms with Crippen LogP contribution >= 0.6 is 0 Å².